The molecule has 0 radical (unpaired) electrons. The Morgan fingerprint density at radius 1 is 0.964 bits per heavy atom. The van der Waals surface area contributed by atoms with Gasteiger partial charge in [-0.3, -0.25) is 0 Å². The second-order valence-electron chi connectivity index (χ2n) is 8.51. The number of nitriles is 1. The zero-order valence-corrected chi connectivity index (χ0v) is 16.5. The maximum absolute atomic E-state index is 9.75. The monoisotopic (exact) mass is 376 g/mol. The number of nitrogens with zero attached hydrogens (tertiary/aromatic N) is 6. The minimum atomic E-state index is 0.373. The van der Waals surface area contributed by atoms with Crippen LogP contribution >= 0.6 is 0 Å². The van der Waals surface area contributed by atoms with Crippen molar-refractivity contribution in [3.63, 3.8) is 0 Å². The van der Waals surface area contributed by atoms with Crippen LogP contribution in [-0.2, 0) is 25.8 Å². The van der Waals surface area contributed by atoms with Crippen molar-refractivity contribution in [2.45, 2.75) is 76.7 Å². The summed E-state index contributed by atoms with van der Waals surface area (Å²) in [6, 6.07) is 4.51. The first-order valence-corrected chi connectivity index (χ1v) is 10.9. The van der Waals surface area contributed by atoms with Crippen molar-refractivity contribution >= 4 is 5.82 Å². The van der Waals surface area contributed by atoms with Gasteiger partial charge in [-0.2, -0.15) is 5.26 Å². The minimum Gasteiger partial charge on any atom is -0.355 e. The molecular weight excluding hydrogens is 348 g/mol. The normalized spacial score (nSPS) is 22.1. The maximum atomic E-state index is 9.75. The Balaban J connectivity index is 1.44. The number of hydrogen-bond donors (Lipinski definition) is 0. The van der Waals surface area contributed by atoms with Gasteiger partial charge in [-0.25, -0.2) is 4.98 Å². The van der Waals surface area contributed by atoms with Crippen molar-refractivity contribution in [3.05, 3.63) is 34.5 Å². The summed E-state index contributed by atoms with van der Waals surface area (Å²) in [5.74, 6) is 3.58. The van der Waals surface area contributed by atoms with E-state index in [-0.39, 0.29) is 0 Å². The molecule has 3 aliphatic rings. The highest BCUT2D eigenvalue weighted by atomic mass is 15.3. The van der Waals surface area contributed by atoms with Crippen LogP contribution in [-0.4, -0.2) is 32.8 Å². The molecular formula is C22H28N6. The summed E-state index contributed by atoms with van der Waals surface area (Å²) < 4.78 is 2.38. The molecule has 0 aromatic carbocycles. The molecule has 6 nitrogen and oxygen atoms in total. The molecule has 2 aromatic heterocycles. The lowest BCUT2D eigenvalue weighted by Gasteiger charge is -2.34. The number of hydrogen-bond acceptors (Lipinski definition) is 5. The SMILES string of the molecule is N#Cc1cc2c(nc1N1CCCC(c3nnc4n3CCCCC4)C1)CCCC2. The molecule has 0 saturated carbocycles. The Kier molecular flexibility index (Phi) is 4.76. The van der Waals surface area contributed by atoms with Gasteiger partial charge in [-0.05, 0) is 63.0 Å². The smallest absolute Gasteiger partial charge is 0.146 e. The molecule has 1 aliphatic carbocycles. The summed E-state index contributed by atoms with van der Waals surface area (Å²) in [6.45, 7) is 2.91. The second kappa shape index (κ2) is 7.54. The van der Waals surface area contributed by atoms with Crippen LogP contribution < -0.4 is 4.90 Å². The molecule has 1 atom stereocenters. The van der Waals surface area contributed by atoms with E-state index in [1.165, 1.54) is 43.4 Å². The minimum absolute atomic E-state index is 0.373. The zero-order valence-electron chi connectivity index (χ0n) is 16.5. The number of piperidine rings is 1. The largest absolute Gasteiger partial charge is 0.355 e. The van der Waals surface area contributed by atoms with E-state index in [1.54, 1.807) is 0 Å². The molecule has 2 aliphatic heterocycles. The van der Waals surface area contributed by atoms with E-state index in [1.807, 2.05) is 0 Å². The molecule has 6 heteroatoms. The highest BCUT2D eigenvalue weighted by Gasteiger charge is 2.29. The third kappa shape index (κ3) is 3.17. The fourth-order valence-electron chi connectivity index (χ4n) is 5.14. The molecule has 5 rings (SSSR count). The first kappa shape index (κ1) is 17.7. The van der Waals surface area contributed by atoms with Gasteiger partial charge in [0.25, 0.3) is 0 Å². The van der Waals surface area contributed by atoms with Crippen LogP contribution in [0.5, 0.6) is 0 Å². The van der Waals surface area contributed by atoms with Crippen LogP contribution in [0.3, 0.4) is 0 Å². The Hall–Kier alpha value is -2.42. The Morgan fingerprint density at radius 2 is 1.86 bits per heavy atom. The van der Waals surface area contributed by atoms with Crippen molar-refractivity contribution in [1.82, 2.24) is 19.7 Å². The summed E-state index contributed by atoms with van der Waals surface area (Å²) in [6.07, 6.45) is 11.5. The first-order chi connectivity index (χ1) is 13.8. The van der Waals surface area contributed by atoms with E-state index in [9.17, 15) is 5.26 Å². The van der Waals surface area contributed by atoms with Gasteiger partial charge in [0.15, 0.2) is 0 Å². The predicted octanol–water partition coefficient (Wildman–Crippen LogP) is 3.53. The summed E-state index contributed by atoms with van der Waals surface area (Å²) >= 11 is 0. The topological polar surface area (TPSA) is 70.6 Å². The Bertz CT molecular complexity index is 908. The number of fused-ring (bicyclic) bond motifs is 2. The van der Waals surface area contributed by atoms with Gasteiger partial charge >= 0.3 is 0 Å². The van der Waals surface area contributed by atoms with Gasteiger partial charge in [-0.15, -0.1) is 10.2 Å². The van der Waals surface area contributed by atoms with E-state index in [0.29, 0.717) is 5.92 Å². The highest BCUT2D eigenvalue weighted by Crippen LogP contribution is 2.33. The molecule has 2 aromatic rings. The average Bonchev–Trinajstić information content (AvgIpc) is 3.01. The van der Waals surface area contributed by atoms with E-state index < -0.39 is 0 Å². The van der Waals surface area contributed by atoms with Crippen molar-refractivity contribution in [2.24, 2.45) is 0 Å². The summed E-state index contributed by atoms with van der Waals surface area (Å²) in [5.41, 5.74) is 3.22. The summed E-state index contributed by atoms with van der Waals surface area (Å²) in [7, 11) is 0. The Morgan fingerprint density at radius 3 is 2.79 bits per heavy atom. The molecule has 0 N–H and O–H groups in total. The average molecular weight is 377 g/mol. The van der Waals surface area contributed by atoms with E-state index in [0.717, 1.165) is 74.8 Å². The third-order valence-electron chi connectivity index (χ3n) is 6.63. The molecule has 1 fully saturated rings. The zero-order chi connectivity index (χ0) is 18.9. The standard InChI is InChI=1S/C22H28N6/c23-14-18-13-16-7-3-4-9-19(16)24-21(18)27-11-6-8-17(15-27)22-26-25-20-10-2-1-5-12-28(20)22/h13,17H,1-12,15H2. The molecule has 0 spiro atoms. The summed E-state index contributed by atoms with van der Waals surface area (Å²) in [5, 5.41) is 18.9. The van der Waals surface area contributed by atoms with Gasteiger partial charge in [0.1, 0.15) is 23.5 Å². The van der Waals surface area contributed by atoms with Crippen molar-refractivity contribution < 1.29 is 0 Å². The van der Waals surface area contributed by atoms with Crippen LogP contribution in [0.2, 0.25) is 0 Å². The lowest BCUT2D eigenvalue weighted by molar-refractivity contribution is 0.463. The highest BCUT2D eigenvalue weighted by molar-refractivity contribution is 5.57. The number of aryl methyl sites for hydroxylation is 3. The quantitative estimate of drug-likeness (QED) is 0.802. The van der Waals surface area contributed by atoms with Gasteiger partial charge in [0.05, 0.1) is 5.56 Å². The number of pyridine rings is 1. The number of anilines is 1. The third-order valence-corrected chi connectivity index (χ3v) is 6.63. The van der Waals surface area contributed by atoms with Crippen LogP contribution in [0.1, 0.15) is 79.3 Å². The molecule has 1 saturated heterocycles. The van der Waals surface area contributed by atoms with Gasteiger partial charge in [0.2, 0.25) is 0 Å². The molecule has 4 heterocycles. The van der Waals surface area contributed by atoms with Crippen LogP contribution in [0.25, 0.3) is 0 Å². The fourth-order valence-corrected chi connectivity index (χ4v) is 5.14. The Labute approximate surface area is 166 Å². The molecule has 146 valence electrons. The number of aromatic nitrogens is 4. The molecule has 28 heavy (non-hydrogen) atoms. The van der Waals surface area contributed by atoms with Crippen molar-refractivity contribution in [3.8, 4) is 6.07 Å². The molecule has 0 bridgehead atoms. The first-order valence-electron chi connectivity index (χ1n) is 10.9. The van der Waals surface area contributed by atoms with Gasteiger partial charge in [-0.1, -0.05) is 6.42 Å². The van der Waals surface area contributed by atoms with Gasteiger partial charge in [0, 0.05) is 37.7 Å². The van der Waals surface area contributed by atoms with Crippen molar-refractivity contribution in [1.29, 1.82) is 5.26 Å². The van der Waals surface area contributed by atoms with Crippen LogP contribution in [0.4, 0.5) is 5.82 Å². The van der Waals surface area contributed by atoms with E-state index >= 15 is 0 Å². The molecule has 0 amide bonds. The summed E-state index contributed by atoms with van der Waals surface area (Å²) in [4.78, 5) is 7.32. The maximum Gasteiger partial charge on any atom is 0.146 e. The van der Waals surface area contributed by atoms with E-state index in [2.05, 4.69) is 31.8 Å². The van der Waals surface area contributed by atoms with Crippen molar-refractivity contribution in [2.75, 3.05) is 18.0 Å². The fraction of sp³-hybridized carbons (Fsp3) is 0.636. The van der Waals surface area contributed by atoms with E-state index in [4.69, 9.17) is 4.98 Å². The second-order valence-corrected chi connectivity index (χ2v) is 8.51. The van der Waals surface area contributed by atoms with Crippen LogP contribution in [0, 0.1) is 11.3 Å². The predicted molar refractivity (Wildman–Crippen MR) is 107 cm³/mol. The van der Waals surface area contributed by atoms with Crippen LogP contribution in [0.15, 0.2) is 6.07 Å². The number of rotatable bonds is 2. The molecule has 1 unspecified atom stereocenters. The lowest BCUT2D eigenvalue weighted by Crippen LogP contribution is -2.37. The lowest BCUT2D eigenvalue weighted by atomic mass is 9.93. The van der Waals surface area contributed by atoms with Gasteiger partial charge < -0.3 is 9.47 Å².